The van der Waals surface area contributed by atoms with Gasteiger partial charge < -0.3 is 30.4 Å². The van der Waals surface area contributed by atoms with Gasteiger partial charge in [-0.3, -0.25) is 29.1 Å². The van der Waals surface area contributed by atoms with Crippen molar-refractivity contribution >= 4 is 44.9 Å². The number of allylic oxidation sites excluding steroid dienone is 8. The number of benzene rings is 8. The molecule has 0 aliphatic carbocycles. The number of hydrogen-bond acceptors (Lipinski definition) is 12. The van der Waals surface area contributed by atoms with Crippen molar-refractivity contribution in [3.63, 3.8) is 0 Å². The zero-order valence-electron chi connectivity index (χ0n) is 68.3. The van der Waals surface area contributed by atoms with E-state index < -0.39 is 0 Å². The number of aliphatic hydroxyl groups excluding tert-OH is 4. The number of carbonyl (C=O) groups is 4. The van der Waals surface area contributed by atoms with Gasteiger partial charge in [-0.15, -0.1) is 142 Å². The first-order valence-corrected chi connectivity index (χ1v) is 36.6. The molecule has 4 N–H and O–H groups in total. The molecule has 0 spiro atoms. The third-order valence-corrected chi connectivity index (χ3v) is 15.8. The van der Waals surface area contributed by atoms with Crippen molar-refractivity contribution in [1.29, 1.82) is 0 Å². The smallest absolute Gasteiger partial charge is 0.155 e. The van der Waals surface area contributed by atoms with Crippen LogP contribution in [0.5, 0.6) is 0 Å². The number of aryl methyl sites for hydroxylation is 8. The number of nitrogens with zero attached hydrogens (tertiary/aromatic N) is 4. The van der Waals surface area contributed by atoms with Crippen LogP contribution in [0.25, 0.3) is 89.1 Å². The van der Waals surface area contributed by atoms with E-state index in [-0.39, 0.29) is 127 Å². The maximum absolute atomic E-state index is 10.0. The van der Waals surface area contributed by atoms with Gasteiger partial charge in [-0.05, 0) is 192 Å². The predicted octanol–water partition coefficient (Wildman–Crippen LogP) is 24.3. The number of fused-ring (bicyclic) bond motifs is 2. The number of rotatable bonds is 14. The molecular weight excluding hydrogens is 2130 g/mol. The molecule has 8 aromatic carbocycles. The summed E-state index contributed by atoms with van der Waals surface area (Å²) in [6.45, 7) is 32.9. The van der Waals surface area contributed by atoms with Crippen molar-refractivity contribution in [2.24, 2.45) is 5.92 Å². The van der Waals surface area contributed by atoms with Crippen molar-refractivity contribution < 1.29 is 120 Å². The Bertz CT molecular complexity index is 5000. The number of pyridine rings is 4. The molecule has 16 heteroatoms. The first-order valence-electron chi connectivity index (χ1n) is 36.6. The van der Waals surface area contributed by atoms with Crippen molar-refractivity contribution in [3.8, 4) is 67.3 Å². The van der Waals surface area contributed by atoms with E-state index in [0.29, 0.717) is 5.92 Å². The summed E-state index contributed by atoms with van der Waals surface area (Å²) in [5, 5.41) is 35.8. The van der Waals surface area contributed by atoms with E-state index in [2.05, 4.69) is 249 Å². The predicted molar refractivity (Wildman–Crippen MR) is 454 cm³/mol. The van der Waals surface area contributed by atoms with Gasteiger partial charge >= 0.3 is 0 Å². The monoisotopic (exact) mass is 2240 g/mol. The fourth-order valence-corrected chi connectivity index (χ4v) is 11.4. The normalized spacial score (nSPS) is 10.6. The fourth-order valence-electron chi connectivity index (χ4n) is 11.4. The Balaban J connectivity index is 0.000000677. The second-order valence-corrected chi connectivity index (χ2v) is 27.5. The van der Waals surface area contributed by atoms with Crippen LogP contribution >= 0.6 is 0 Å². The minimum atomic E-state index is -0.125. The Morgan fingerprint density at radius 1 is 0.386 bits per heavy atom. The molecule has 4 radical (unpaired) electrons. The van der Waals surface area contributed by atoms with Gasteiger partial charge in [0.2, 0.25) is 0 Å². The van der Waals surface area contributed by atoms with Gasteiger partial charge in [0.05, 0.1) is 34.1 Å². The van der Waals surface area contributed by atoms with Crippen LogP contribution in [0, 0.1) is 78.6 Å². The number of aliphatic hydroxyl groups is 4. The van der Waals surface area contributed by atoms with Gasteiger partial charge in [-0.1, -0.05) is 169 Å². The molecule has 604 valence electrons. The number of carbonyl (C=O) groups excluding carboxylic acids is 4. The van der Waals surface area contributed by atoms with Crippen LogP contribution in [0.4, 0.5) is 0 Å². The maximum Gasteiger partial charge on any atom is 0.155 e. The quantitative estimate of drug-likeness (QED) is 0.0457. The second-order valence-electron chi connectivity index (χ2n) is 27.5. The molecule has 114 heavy (non-hydrogen) atoms. The summed E-state index contributed by atoms with van der Waals surface area (Å²) in [7, 11) is 0. The summed E-state index contributed by atoms with van der Waals surface area (Å²) in [6, 6.07) is 82.8. The van der Waals surface area contributed by atoms with Gasteiger partial charge in [0.15, 0.2) is 23.1 Å². The fraction of sp³-hybridized carbons (Fsp3) is 0.224. The molecule has 12 rings (SSSR count). The molecule has 0 unspecified atom stereocenters. The summed E-state index contributed by atoms with van der Waals surface area (Å²) in [5.41, 5.74) is 26.5. The summed E-state index contributed by atoms with van der Waals surface area (Å²) in [5.74, 6) is 0.411. The third kappa shape index (κ3) is 38.9. The molecule has 12 nitrogen and oxygen atoms in total. The van der Waals surface area contributed by atoms with Gasteiger partial charge in [0.1, 0.15) is 0 Å². The van der Waals surface area contributed by atoms with E-state index in [9.17, 15) is 19.2 Å². The van der Waals surface area contributed by atoms with Gasteiger partial charge in [-0.25, -0.2) is 0 Å². The molecule has 0 fully saturated rings. The minimum Gasteiger partial charge on any atom is -0.512 e. The van der Waals surface area contributed by atoms with Crippen LogP contribution < -0.4 is 0 Å². The van der Waals surface area contributed by atoms with E-state index in [0.717, 1.165) is 86.5 Å². The molecule has 0 bridgehead atoms. The summed E-state index contributed by atoms with van der Waals surface area (Å²) < 4.78 is 0. The molecule has 0 saturated carbocycles. The van der Waals surface area contributed by atoms with E-state index >= 15 is 0 Å². The molecular formula is C98H104Ir4N4O8-4. The van der Waals surface area contributed by atoms with Crippen molar-refractivity contribution in [2.75, 3.05) is 0 Å². The molecule has 0 atom stereocenters. The first-order chi connectivity index (χ1) is 52.2. The molecule has 0 aliphatic rings. The SMILES string of the molecule is CC(=O)C=C(C)O.CC(=O)C=C(C)O.CC(=O)C=C(C)O.CC(=O)C=C(C)O.CCCc1ccc2ccc(-c3[c-]c(C)cc(C)c3)nc2c1.Cc1[c-]c(-c2ccc3ccc(CC(C)C)cc3n2)cc(C)c1.Cc1ccc(-c2ccnc(-c3[c-]cccc3)c2)c(C)c1.Cc1ccc(-c2ccnc(-c3[c-]cccc3)c2)cc1.[Ir].[Ir].[Ir].[Ir]. The zero-order chi connectivity index (χ0) is 81.0. The van der Waals surface area contributed by atoms with E-state index in [1.807, 2.05) is 67.0 Å². The van der Waals surface area contributed by atoms with Crippen LogP contribution in [0.3, 0.4) is 0 Å². The molecule has 4 heterocycles. The van der Waals surface area contributed by atoms with Crippen LogP contribution in [0.1, 0.15) is 133 Å². The summed E-state index contributed by atoms with van der Waals surface area (Å²) in [4.78, 5) is 58.6. The Hall–Kier alpha value is -9.68. The molecule has 12 aromatic rings. The second kappa shape index (κ2) is 53.4. The average Bonchev–Trinajstić information content (AvgIpc) is 0.828. The molecule has 4 aromatic heterocycles. The Morgan fingerprint density at radius 2 is 0.781 bits per heavy atom. The topological polar surface area (TPSA) is 201 Å². The van der Waals surface area contributed by atoms with Gasteiger partial charge in [0, 0.05) is 117 Å². The van der Waals surface area contributed by atoms with Crippen LogP contribution in [0.2, 0.25) is 0 Å². The largest absolute Gasteiger partial charge is 0.512 e. The Kier molecular flexibility index (Phi) is 47.9. The van der Waals surface area contributed by atoms with E-state index in [4.69, 9.17) is 30.4 Å². The summed E-state index contributed by atoms with van der Waals surface area (Å²) >= 11 is 0. The Morgan fingerprint density at radius 3 is 1.15 bits per heavy atom. The standard InChI is InChI=1S/C21H22N.C20H20N.C19H16N.C18H14N.4C5H8O2.4Ir/c1-14(2)9-17-5-6-18-7-8-20(22-21(18)13-17)19-11-15(3)10-16(4)12-19;1-4-5-16-6-7-17-8-9-19(21-20(17)13-16)18-11-14(2)10-15(3)12-18;1-14-8-9-18(15(2)12-14)17-10-11-20-19(13-17)16-6-4-3-5-7-16;1-14-7-9-15(10-8-14)17-11-12-19-18(13-17)16-5-3-2-4-6-16;4*1-4(6)3-5(2)7;;;;/h5-8,10-11,13-14H,9H2,1-4H3;6-11,13H,4-5H2,1-3H3;3-6,8-13H,1-2H3;2-5,7-13H,1H3;4*3,6H,1-2H3;;;;/q4*-1;;;;;;;;. The van der Waals surface area contributed by atoms with Gasteiger partial charge in [-0.2, -0.15) is 0 Å². The van der Waals surface area contributed by atoms with E-state index in [1.165, 1.54) is 152 Å². The minimum absolute atomic E-state index is 0. The van der Waals surface area contributed by atoms with Crippen LogP contribution in [-0.2, 0) is 112 Å². The number of ketones is 4. The number of aromatic nitrogens is 4. The van der Waals surface area contributed by atoms with Gasteiger partial charge in [0.25, 0.3) is 0 Å². The first kappa shape index (κ1) is 102. The molecule has 0 aliphatic heterocycles. The van der Waals surface area contributed by atoms with Crippen molar-refractivity contribution in [1.82, 2.24) is 19.9 Å². The maximum atomic E-state index is 10.0. The molecule has 0 amide bonds. The van der Waals surface area contributed by atoms with E-state index in [1.54, 1.807) is 0 Å². The van der Waals surface area contributed by atoms with Crippen LogP contribution in [-0.4, -0.2) is 63.5 Å². The van der Waals surface area contributed by atoms with Crippen molar-refractivity contribution in [2.45, 2.75) is 144 Å². The Labute approximate surface area is 730 Å². The molecule has 0 saturated heterocycles. The van der Waals surface area contributed by atoms with Crippen LogP contribution in [0.15, 0.2) is 260 Å². The number of hydrogen-bond donors (Lipinski definition) is 4. The third-order valence-electron chi connectivity index (χ3n) is 15.8. The zero-order valence-corrected chi connectivity index (χ0v) is 77.8. The van der Waals surface area contributed by atoms with Crippen molar-refractivity contribution in [3.05, 3.63) is 334 Å². The average molecular weight is 2230 g/mol. The summed E-state index contributed by atoms with van der Waals surface area (Å²) in [6.07, 6.45) is 11.8.